The Kier molecular flexibility index (Phi) is 8.64. The van der Waals surface area contributed by atoms with Crippen molar-refractivity contribution in [1.29, 1.82) is 0 Å². The van der Waals surface area contributed by atoms with Crippen molar-refractivity contribution in [1.82, 2.24) is 5.32 Å². The Morgan fingerprint density at radius 1 is 1.29 bits per heavy atom. The van der Waals surface area contributed by atoms with E-state index in [1.54, 1.807) is 13.2 Å². The van der Waals surface area contributed by atoms with Gasteiger partial charge in [-0.2, -0.15) is 0 Å². The number of nitrogens with one attached hydrogen (secondary N) is 1. The predicted octanol–water partition coefficient (Wildman–Crippen LogP) is 1.85. The smallest absolute Gasteiger partial charge is 0.142 e. The fourth-order valence-corrected chi connectivity index (χ4v) is 2.08. The minimum atomic E-state index is -0.719. The van der Waals surface area contributed by atoms with Crippen LogP contribution in [0, 0.1) is 0 Å². The lowest BCUT2D eigenvalue weighted by molar-refractivity contribution is -0.0423. The van der Waals surface area contributed by atoms with E-state index >= 15 is 0 Å². The second-order valence-electron chi connectivity index (χ2n) is 4.82. The second kappa shape index (κ2) is 9.97. The maximum absolute atomic E-state index is 9.89. The lowest BCUT2D eigenvalue weighted by Gasteiger charge is -2.18. The zero-order valence-corrected chi connectivity index (χ0v) is 13.5. The van der Waals surface area contributed by atoms with Crippen LogP contribution >= 0.6 is 11.6 Å². The van der Waals surface area contributed by atoms with Gasteiger partial charge in [0.05, 0.1) is 24.3 Å². The number of para-hydroxylation sites is 1. The van der Waals surface area contributed by atoms with Crippen molar-refractivity contribution in [3.8, 4) is 5.75 Å². The summed E-state index contributed by atoms with van der Waals surface area (Å²) in [6.07, 6.45) is -0.784. The molecule has 2 N–H and O–H groups in total. The molecule has 0 saturated heterocycles. The van der Waals surface area contributed by atoms with E-state index < -0.39 is 6.10 Å². The van der Waals surface area contributed by atoms with E-state index in [0.717, 1.165) is 5.56 Å². The molecular formula is C15H24ClNO4. The highest BCUT2D eigenvalue weighted by Gasteiger charge is 2.12. The molecule has 2 atom stereocenters. The number of aliphatic hydroxyl groups excluding tert-OH is 1. The first-order valence-electron chi connectivity index (χ1n) is 6.91. The molecule has 0 aliphatic carbocycles. The van der Waals surface area contributed by atoms with Crippen LogP contribution in [0.2, 0.25) is 5.02 Å². The van der Waals surface area contributed by atoms with Gasteiger partial charge >= 0.3 is 0 Å². The third-order valence-corrected chi connectivity index (χ3v) is 3.11. The highest BCUT2D eigenvalue weighted by atomic mass is 35.5. The summed E-state index contributed by atoms with van der Waals surface area (Å²) in [5.41, 5.74) is 0.950. The largest absolute Gasteiger partial charge is 0.489 e. The number of rotatable bonds is 10. The van der Waals surface area contributed by atoms with Crippen molar-refractivity contribution in [2.24, 2.45) is 0 Å². The molecule has 1 aromatic carbocycles. The molecule has 1 aromatic rings. The molecule has 5 nitrogen and oxygen atoms in total. The first-order valence-corrected chi connectivity index (χ1v) is 7.29. The summed E-state index contributed by atoms with van der Waals surface area (Å²) in [7, 11) is 3.46. The van der Waals surface area contributed by atoms with E-state index in [9.17, 15) is 5.11 Å². The molecule has 0 heterocycles. The van der Waals surface area contributed by atoms with Crippen LogP contribution in [0.1, 0.15) is 12.5 Å². The minimum Gasteiger partial charge on any atom is -0.489 e. The van der Waals surface area contributed by atoms with Gasteiger partial charge in [-0.1, -0.05) is 23.7 Å². The molecule has 0 aliphatic heterocycles. The topological polar surface area (TPSA) is 60.0 Å². The maximum Gasteiger partial charge on any atom is 0.142 e. The first-order chi connectivity index (χ1) is 10.1. The Morgan fingerprint density at radius 2 is 2.05 bits per heavy atom. The average molecular weight is 318 g/mol. The number of halogens is 1. The van der Waals surface area contributed by atoms with Gasteiger partial charge < -0.3 is 24.6 Å². The van der Waals surface area contributed by atoms with Crippen molar-refractivity contribution in [3.63, 3.8) is 0 Å². The van der Waals surface area contributed by atoms with Gasteiger partial charge in [0.25, 0.3) is 0 Å². The van der Waals surface area contributed by atoms with Crippen LogP contribution in [-0.2, 0) is 16.0 Å². The second-order valence-corrected chi connectivity index (χ2v) is 5.23. The van der Waals surface area contributed by atoms with Crippen molar-refractivity contribution in [2.45, 2.75) is 25.7 Å². The Balaban J connectivity index is 2.47. The molecule has 0 bridgehead atoms. The Labute approximate surface area is 131 Å². The molecule has 0 radical (unpaired) electrons. The molecule has 6 heteroatoms. The molecule has 0 saturated carbocycles. The summed E-state index contributed by atoms with van der Waals surface area (Å²) in [6.45, 7) is 3.34. The number of benzene rings is 1. The van der Waals surface area contributed by atoms with Crippen LogP contribution in [0.3, 0.4) is 0 Å². The highest BCUT2D eigenvalue weighted by Crippen LogP contribution is 2.28. The van der Waals surface area contributed by atoms with Gasteiger partial charge in [0.15, 0.2) is 0 Å². The van der Waals surface area contributed by atoms with Gasteiger partial charge in [0.2, 0.25) is 0 Å². The van der Waals surface area contributed by atoms with E-state index in [-0.39, 0.29) is 19.3 Å². The molecule has 0 aliphatic rings. The molecule has 0 fully saturated rings. The molecule has 0 spiro atoms. The van der Waals surface area contributed by atoms with E-state index in [0.29, 0.717) is 23.9 Å². The monoisotopic (exact) mass is 317 g/mol. The van der Waals surface area contributed by atoms with E-state index in [1.165, 1.54) is 0 Å². The lowest BCUT2D eigenvalue weighted by atomic mass is 10.2. The Bertz CT molecular complexity index is 417. The number of hydrogen-bond acceptors (Lipinski definition) is 5. The van der Waals surface area contributed by atoms with Gasteiger partial charge in [-0.05, 0) is 20.0 Å². The Hall–Kier alpha value is -0.850. The van der Waals surface area contributed by atoms with Crippen LogP contribution in [-0.4, -0.2) is 51.3 Å². The summed E-state index contributed by atoms with van der Waals surface area (Å²) >= 11 is 6.14. The predicted molar refractivity (Wildman–Crippen MR) is 83.0 cm³/mol. The van der Waals surface area contributed by atoms with Gasteiger partial charge in [-0.25, -0.2) is 0 Å². The zero-order valence-electron chi connectivity index (χ0n) is 12.8. The van der Waals surface area contributed by atoms with Crippen molar-refractivity contribution in [2.75, 3.05) is 34.0 Å². The number of aliphatic hydroxyl groups is 1. The van der Waals surface area contributed by atoms with Gasteiger partial charge in [-0.15, -0.1) is 0 Å². The van der Waals surface area contributed by atoms with Gasteiger partial charge in [0.1, 0.15) is 18.5 Å². The first kappa shape index (κ1) is 18.2. The number of ether oxygens (including phenoxy) is 3. The number of methoxy groups -OCH3 is 1. The molecule has 0 aromatic heterocycles. The maximum atomic E-state index is 9.89. The summed E-state index contributed by atoms with van der Waals surface area (Å²) in [5, 5.41) is 13.5. The third-order valence-electron chi connectivity index (χ3n) is 2.81. The van der Waals surface area contributed by atoms with Crippen LogP contribution in [0.25, 0.3) is 0 Å². The molecular weight excluding hydrogens is 294 g/mol. The zero-order chi connectivity index (χ0) is 15.7. The van der Waals surface area contributed by atoms with E-state index in [2.05, 4.69) is 5.32 Å². The van der Waals surface area contributed by atoms with Crippen molar-refractivity contribution in [3.05, 3.63) is 28.8 Å². The summed E-state index contributed by atoms with van der Waals surface area (Å²) in [4.78, 5) is 0. The third kappa shape index (κ3) is 6.63. The summed E-state index contributed by atoms with van der Waals surface area (Å²) < 4.78 is 16.0. The molecule has 21 heavy (non-hydrogen) atoms. The highest BCUT2D eigenvalue weighted by molar-refractivity contribution is 6.32. The number of hydrogen-bond donors (Lipinski definition) is 2. The fourth-order valence-electron chi connectivity index (χ4n) is 1.83. The molecule has 1 rings (SSSR count). The van der Waals surface area contributed by atoms with E-state index in [4.69, 9.17) is 25.8 Å². The molecule has 2 unspecified atom stereocenters. The Morgan fingerprint density at radius 3 is 2.71 bits per heavy atom. The molecule has 0 amide bonds. The van der Waals surface area contributed by atoms with Crippen molar-refractivity contribution >= 4 is 11.6 Å². The van der Waals surface area contributed by atoms with E-state index in [1.807, 2.05) is 26.1 Å². The fraction of sp³-hybridized carbons (Fsp3) is 0.600. The summed E-state index contributed by atoms with van der Waals surface area (Å²) in [6, 6.07) is 5.56. The lowest BCUT2D eigenvalue weighted by Crippen LogP contribution is -2.27. The van der Waals surface area contributed by atoms with Crippen LogP contribution in [0.4, 0.5) is 0 Å². The SMILES string of the molecule is CNCc1cccc(Cl)c1OCC(O)COC(C)COC. The van der Waals surface area contributed by atoms with Crippen LogP contribution < -0.4 is 10.1 Å². The average Bonchev–Trinajstić information content (AvgIpc) is 2.45. The van der Waals surface area contributed by atoms with Gasteiger partial charge in [-0.3, -0.25) is 0 Å². The van der Waals surface area contributed by atoms with Crippen LogP contribution in [0.5, 0.6) is 5.75 Å². The van der Waals surface area contributed by atoms with Crippen LogP contribution in [0.15, 0.2) is 18.2 Å². The minimum absolute atomic E-state index is 0.0650. The quantitative estimate of drug-likeness (QED) is 0.689. The van der Waals surface area contributed by atoms with Crippen molar-refractivity contribution < 1.29 is 19.3 Å². The van der Waals surface area contributed by atoms with Gasteiger partial charge in [0, 0.05) is 19.2 Å². The molecule has 120 valence electrons. The standard InChI is InChI=1S/C15H24ClNO4/c1-11(8-19-3)20-9-13(18)10-21-15-12(7-17-2)5-4-6-14(15)16/h4-6,11,13,17-18H,7-10H2,1-3H3. The summed E-state index contributed by atoms with van der Waals surface area (Å²) in [5.74, 6) is 0.595. The normalized spacial score (nSPS) is 14.0.